The van der Waals surface area contributed by atoms with E-state index in [1.54, 1.807) is 12.1 Å². The van der Waals surface area contributed by atoms with Gasteiger partial charge in [0.15, 0.2) is 5.11 Å². The Bertz CT molecular complexity index is 1120. The number of aromatic nitrogens is 3. The fourth-order valence-corrected chi connectivity index (χ4v) is 3.70. The van der Waals surface area contributed by atoms with Gasteiger partial charge in [0.2, 0.25) is 5.95 Å². The third kappa shape index (κ3) is 5.69. The summed E-state index contributed by atoms with van der Waals surface area (Å²) < 4.78 is 15.6. The first kappa shape index (κ1) is 21.9. The SMILES string of the molecule is Fc1cccc(Cl)c1Cn1cnc(NC(=S)N(Cc2ccccc2)Cc2ccccc2)n1. The molecule has 0 fully saturated rings. The molecule has 0 aliphatic carbocycles. The predicted octanol–water partition coefficient (Wildman–Crippen LogP) is 5.52. The van der Waals surface area contributed by atoms with Gasteiger partial charge in [-0.3, -0.25) is 5.32 Å². The standard InChI is InChI=1S/C24H21ClFN5S/c25-21-12-7-13-22(26)20(21)16-31-17-27-23(29-31)28-24(32)30(14-18-8-3-1-4-9-18)15-19-10-5-2-6-11-19/h1-13,17H,14-16H2,(H,28,29,32). The zero-order chi connectivity index (χ0) is 22.3. The van der Waals surface area contributed by atoms with E-state index < -0.39 is 0 Å². The average molecular weight is 466 g/mol. The summed E-state index contributed by atoms with van der Waals surface area (Å²) >= 11 is 11.8. The number of halogens is 2. The van der Waals surface area contributed by atoms with Crippen molar-refractivity contribution in [1.82, 2.24) is 19.7 Å². The molecule has 1 N–H and O–H groups in total. The Kier molecular flexibility index (Phi) is 7.09. The Hall–Kier alpha value is -3.29. The number of hydrogen-bond acceptors (Lipinski definition) is 3. The minimum Gasteiger partial charge on any atom is -0.340 e. The molecule has 32 heavy (non-hydrogen) atoms. The first-order chi connectivity index (χ1) is 15.6. The van der Waals surface area contributed by atoms with Crippen molar-refractivity contribution in [2.75, 3.05) is 5.32 Å². The smallest absolute Gasteiger partial charge is 0.248 e. The molecule has 0 saturated heterocycles. The highest BCUT2D eigenvalue weighted by molar-refractivity contribution is 7.80. The van der Waals surface area contributed by atoms with E-state index in [0.717, 1.165) is 11.1 Å². The van der Waals surface area contributed by atoms with Gasteiger partial charge < -0.3 is 4.90 Å². The van der Waals surface area contributed by atoms with E-state index in [-0.39, 0.29) is 12.4 Å². The van der Waals surface area contributed by atoms with Crippen LogP contribution in [0.1, 0.15) is 16.7 Å². The zero-order valence-corrected chi connectivity index (χ0v) is 18.7. The highest BCUT2D eigenvalue weighted by atomic mass is 35.5. The van der Waals surface area contributed by atoms with E-state index in [0.29, 0.717) is 34.7 Å². The van der Waals surface area contributed by atoms with Crippen molar-refractivity contribution >= 4 is 34.9 Å². The number of anilines is 1. The molecular weight excluding hydrogens is 445 g/mol. The Morgan fingerprint density at radius 3 is 2.16 bits per heavy atom. The van der Waals surface area contributed by atoms with Crippen LogP contribution in [0.5, 0.6) is 0 Å². The van der Waals surface area contributed by atoms with Crippen molar-refractivity contribution in [3.63, 3.8) is 0 Å². The normalized spacial score (nSPS) is 10.7. The van der Waals surface area contributed by atoms with Gasteiger partial charge in [-0.1, -0.05) is 78.3 Å². The van der Waals surface area contributed by atoms with Crippen LogP contribution in [0, 0.1) is 5.82 Å². The number of hydrogen-bond donors (Lipinski definition) is 1. The van der Waals surface area contributed by atoms with Crippen molar-refractivity contribution in [3.8, 4) is 0 Å². The topological polar surface area (TPSA) is 46.0 Å². The summed E-state index contributed by atoms with van der Waals surface area (Å²) in [4.78, 5) is 6.32. The van der Waals surface area contributed by atoms with Crippen LogP contribution in [0.15, 0.2) is 85.2 Å². The maximum Gasteiger partial charge on any atom is 0.248 e. The van der Waals surface area contributed by atoms with Crippen molar-refractivity contribution in [2.24, 2.45) is 0 Å². The van der Waals surface area contributed by atoms with Gasteiger partial charge >= 0.3 is 0 Å². The first-order valence-electron chi connectivity index (χ1n) is 10.0. The van der Waals surface area contributed by atoms with Crippen LogP contribution < -0.4 is 5.32 Å². The summed E-state index contributed by atoms with van der Waals surface area (Å²) in [6, 6.07) is 24.8. The Morgan fingerprint density at radius 1 is 0.938 bits per heavy atom. The number of benzene rings is 3. The molecule has 1 aromatic heterocycles. The third-order valence-corrected chi connectivity index (χ3v) is 5.57. The van der Waals surface area contributed by atoms with Crippen LogP contribution in [0.25, 0.3) is 0 Å². The molecule has 0 unspecified atom stereocenters. The molecule has 0 saturated carbocycles. The maximum absolute atomic E-state index is 14.1. The summed E-state index contributed by atoms with van der Waals surface area (Å²) in [6.45, 7) is 1.44. The second kappa shape index (κ2) is 10.3. The summed E-state index contributed by atoms with van der Waals surface area (Å²) in [5, 5.41) is 8.33. The van der Waals surface area contributed by atoms with Gasteiger partial charge in [0, 0.05) is 23.7 Å². The molecule has 8 heteroatoms. The lowest BCUT2D eigenvalue weighted by Crippen LogP contribution is -2.34. The van der Waals surface area contributed by atoms with Crippen LogP contribution in [0.4, 0.5) is 10.3 Å². The van der Waals surface area contributed by atoms with Crippen molar-refractivity contribution in [2.45, 2.75) is 19.6 Å². The lowest BCUT2D eigenvalue weighted by Gasteiger charge is -2.25. The highest BCUT2D eigenvalue weighted by Gasteiger charge is 2.14. The van der Waals surface area contributed by atoms with Gasteiger partial charge in [0.1, 0.15) is 12.1 Å². The minimum absolute atomic E-state index is 0.171. The molecule has 0 aliphatic rings. The number of nitrogens with one attached hydrogen (secondary N) is 1. The molecule has 4 aromatic rings. The summed E-state index contributed by atoms with van der Waals surface area (Å²) in [5.74, 6) is -0.0384. The molecule has 0 bridgehead atoms. The summed E-state index contributed by atoms with van der Waals surface area (Å²) in [7, 11) is 0. The summed E-state index contributed by atoms with van der Waals surface area (Å²) in [6.07, 6.45) is 1.52. The second-order valence-corrected chi connectivity index (χ2v) is 8.02. The van der Waals surface area contributed by atoms with Crippen LogP contribution in [-0.2, 0) is 19.6 Å². The minimum atomic E-state index is -0.380. The molecule has 0 amide bonds. The van der Waals surface area contributed by atoms with Crippen LogP contribution in [0.3, 0.4) is 0 Å². The first-order valence-corrected chi connectivity index (χ1v) is 10.8. The molecular formula is C24H21ClFN5S. The second-order valence-electron chi connectivity index (χ2n) is 7.22. The van der Waals surface area contributed by atoms with Gasteiger partial charge in [-0.05, 0) is 35.5 Å². The van der Waals surface area contributed by atoms with E-state index in [1.165, 1.54) is 17.1 Å². The quantitative estimate of drug-likeness (QED) is 0.364. The lowest BCUT2D eigenvalue weighted by atomic mass is 10.2. The number of thiocarbonyl (C=S) groups is 1. The molecule has 0 radical (unpaired) electrons. The summed E-state index contributed by atoms with van der Waals surface area (Å²) in [5.41, 5.74) is 2.64. The van der Waals surface area contributed by atoms with E-state index in [2.05, 4.69) is 44.6 Å². The Balaban J connectivity index is 1.48. The highest BCUT2D eigenvalue weighted by Crippen LogP contribution is 2.20. The Morgan fingerprint density at radius 2 is 1.56 bits per heavy atom. The Labute approximate surface area is 196 Å². The van der Waals surface area contributed by atoms with Gasteiger partial charge in [0.05, 0.1) is 6.54 Å². The third-order valence-electron chi connectivity index (χ3n) is 4.86. The molecule has 0 atom stereocenters. The predicted molar refractivity (Wildman–Crippen MR) is 129 cm³/mol. The van der Waals surface area contributed by atoms with E-state index >= 15 is 0 Å². The van der Waals surface area contributed by atoms with Gasteiger partial charge in [-0.2, -0.15) is 0 Å². The maximum atomic E-state index is 14.1. The van der Waals surface area contributed by atoms with Crippen LogP contribution >= 0.6 is 23.8 Å². The molecule has 162 valence electrons. The fourth-order valence-electron chi connectivity index (χ4n) is 3.26. The average Bonchev–Trinajstić information content (AvgIpc) is 3.24. The molecule has 3 aromatic carbocycles. The molecule has 0 spiro atoms. The number of nitrogens with zero attached hydrogens (tertiary/aromatic N) is 4. The number of rotatable bonds is 7. The largest absolute Gasteiger partial charge is 0.340 e. The van der Waals surface area contributed by atoms with Crippen molar-refractivity contribution < 1.29 is 4.39 Å². The lowest BCUT2D eigenvalue weighted by molar-refractivity contribution is 0.412. The van der Waals surface area contributed by atoms with E-state index in [9.17, 15) is 4.39 Å². The van der Waals surface area contributed by atoms with Crippen molar-refractivity contribution in [1.29, 1.82) is 0 Å². The zero-order valence-electron chi connectivity index (χ0n) is 17.2. The fraction of sp³-hybridized carbons (Fsp3) is 0.125. The molecule has 5 nitrogen and oxygen atoms in total. The molecule has 0 aliphatic heterocycles. The molecule has 1 heterocycles. The van der Waals surface area contributed by atoms with Gasteiger partial charge in [-0.15, -0.1) is 5.10 Å². The van der Waals surface area contributed by atoms with E-state index in [1.807, 2.05) is 36.4 Å². The van der Waals surface area contributed by atoms with Gasteiger partial charge in [0.25, 0.3) is 0 Å². The van der Waals surface area contributed by atoms with Crippen LogP contribution in [0.2, 0.25) is 5.02 Å². The van der Waals surface area contributed by atoms with Crippen molar-refractivity contribution in [3.05, 3.63) is 113 Å². The molecule has 4 rings (SSSR count). The van der Waals surface area contributed by atoms with E-state index in [4.69, 9.17) is 23.8 Å². The monoisotopic (exact) mass is 465 g/mol. The van der Waals surface area contributed by atoms with Crippen LogP contribution in [-0.4, -0.2) is 24.8 Å². The van der Waals surface area contributed by atoms with Gasteiger partial charge in [-0.25, -0.2) is 14.1 Å².